The summed E-state index contributed by atoms with van der Waals surface area (Å²) < 4.78 is 24.5. The van der Waals surface area contributed by atoms with Crippen LogP contribution in [0.5, 0.6) is 0 Å². The monoisotopic (exact) mass is 375 g/mol. The third kappa shape index (κ3) is 4.25. The fraction of sp³-hybridized carbons (Fsp3) is 0.188. The molecule has 0 radical (unpaired) electrons. The van der Waals surface area contributed by atoms with E-state index in [1.54, 1.807) is 34.8 Å². The van der Waals surface area contributed by atoms with Crippen molar-refractivity contribution in [2.24, 2.45) is 5.14 Å². The molecule has 0 spiro atoms. The van der Waals surface area contributed by atoms with Crippen LogP contribution in [0.25, 0.3) is 5.69 Å². The van der Waals surface area contributed by atoms with Gasteiger partial charge in [-0.2, -0.15) is 5.10 Å². The van der Waals surface area contributed by atoms with Crippen LogP contribution in [0.1, 0.15) is 18.6 Å². The van der Waals surface area contributed by atoms with Crippen molar-refractivity contribution in [1.82, 2.24) is 19.7 Å². The first-order valence-electron chi connectivity index (χ1n) is 7.59. The Kier molecular flexibility index (Phi) is 5.16. The molecule has 0 unspecified atom stereocenters. The molecule has 2 aromatic heterocycles. The molecule has 0 bridgehead atoms. The number of primary sulfonamides is 1. The zero-order valence-corrected chi connectivity index (χ0v) is 15.2. The van der Waals surface area contributed by atoms with Gasteiger partial charge in [0, 0.05) is 12.6 Å². The summed E-state index contributed by atoms with van der Waals surface area (Å²) in [6, 6.07) is 12.0. The highest BCUT2D eigenvalue weighted by atomic mass is 32.2. The van der Waals surface area contributed by atoms with E-state index in [-0.39, 0.29) is 4.90 Å². The molecule has 0 aliphatic rings. The Morgan fingerprint density at radius 1 is 1.16 bits per heavy atom. The zero-order valence-electron chi connectivity index (χ0n) is 13.5. The van der Waals surface area contributed by atoms with Crippen LogP contribution in [0.3, 0.4) is 0 Å². The van der Waals surface area contributed by atoms with Crippen molar-refractivity contribution in [3.8, 4) is 5.69 Å². The first kappa shape index (κ1) is 17.6. The first-order chi connectivity index (χ1) is 12.0. The standard InChI is InChI=1S/C16H17N5O2S2/c1-2-14-19-15(11-24-16-5-3-4-10-18-16)21(20-14)12-6-8-13(9-7-12)25(17,22)23/h3-10H,2,11H2,1H3,(H2,17,22,23). The van der Waals surface area contributed by atoms with Crippen LogP contribution in [-0.2, 0) is 22.2 Å². The van der Waals surface area contributed by atoms with Crippen LogP contribution in [0.4, 0.5) is 0 Å². The van der Waals surface area contributed by atoms with Gasteiger partial charge in [-0.1, -0.05) is 24.8 Å². The maximum absolute atomic E-state index is 11.4. The molecule has 2 N–H and O–H groups in total. The highest BCUT2D eigenvalue weighted by Crippen LogP contribution is 2.22. The smallest absolute Gasteiger partial charge is 0.238 e. The number of aryl methyl sites for hydroxylation is 1. The van der Waals surface area contributed by atoms with Gasteiger partial charge in [-0.25, -0.2) is 28.2 Å². The van der Waals surface area contributed by atoms with Crippen LogP contribution in [0.2, 0.25) is 0 Å². The van der Waals surface area contributed by atoms with Gasteiger partial charge in [0.05, 0.1) is 21.4 Å². The molecule has 1 aromatic carbocycles. The topological polar surface area (TPSA) is 104 Å². The molecule has 0 atom stereocenters. The average molecular weight is 375 g/mol. The zero-order chi connectivity index (χ0) is 17.9. The summed E-state index contributed by atoms with van der Waals surface area (Å²) >= 11 is 1.56. The van der Waals surface area contributed by atoms with Crippen molar-refractivity contribution in [2.75, 3.05) is 0 Å². The molecule has 0 saturated heterocycles. The number of rotatable bonds is 6. The van der Waals surface area contributed by atoms with Crippen molar-refractivity contribution in [1.29, 1.82) is 0 Å². The summed E-state index contributed by atoms with van der Waals surface area (Å²) in [4.78, 5) is 8.90. The Labute approximate surface area is 150 Å². The fourth-order valence-electron chi connectivity index (χ4n) is 2.19. The molecule has 0 aliphatic carbocycles. The van der Waals surface area contributed by atoms with E-state index in [4.69, 9.17) is 5.14 Å². The summed E-state index contributed by atoms with van der Waals surface area (Å²) in [6.45, 7) is 1.99. The van der Waals surface area contributed by atoms with Gasteiger partial charge in [0.15, 0.2) is 5.82 Å². The molecular weight excluding hydrogens is 358 g/mol. The van der Waals surface area contributed by atoms with Gasteiger partial charge in [0.25, 0.3) is 0 Å². The van der Waals surface area contributed by atoms with Gasteiger partial charge in [-0.15, -0.1) is 0 Å². The minimum Gasteiger partial charge on any atom is -0.250 e. The van der Waals surface area contributed by atoms with Crippen LogP contribution in [0, 0.1) is 0 Å². The van der Waals surface area contributed by atoms with Crippen LogP contribution < -0.4 is 5.14 Å². The largest absolute Gasteiger partial charge is 0.250 e. The van der Waals surface area contributed by atoms with E-state index in [9.17, 15) is 8.42 Å². The van der Waals surface area contributed by atoms with E-state index in [2.05, 4.69) is 15.1 Å². The van der Waals surface area contributed by atoms with Crippen LogP contribution in [0.15, 0.2) is 58.6 Å². The minimum atomic E-state index is -3.72. The second-order valence-corrected chi connectivity index (χ2v) is 7.76. The van der Waals surface area contributed by atoms with Crippen molar-refractivity contribution >= 4 is 21.8 Å². The van der Waals surface area contributed by atoms with Gasteiger partial charge < -0.3 is 0 Å². The molecule has 9 heteroatoms. The number of pyridine rings is 1. The van der Waals surface area contributed by atoms with Gasteiger partial charge in [-0.3, -0.25) is 0 Å². The third-order valence-electron chi connectivity index (χ3n) is 3.43. The van der Waals surface area contributed by atoms with Crippen molar-refractivity contribution in [2.45, 2.75) is 29.0 Å². The lowest BCUT2D eigenvalue weighted by molar-refractivity contribution is 0.598. The lowest BCUT2D eigenvalue weighted by atomic mass is 10.3. The quantitative estimate of drug-likeness (QED) is 0.662. The lowest BCUT2D eigenvalue weighted by Gasteiger charge is -2.06. The minimum absolute atomic E-state index is 0.0662. The number of hydrogen-bond donors (Lipinski definition) is 1. The Balaban J connectivity index is 1.89. The molecule has 25 heavy (non-hydrogen) atoms. The van der Waals surface area contributed by atoms with E-state index in [1.165, 1.54) is 12.1 Å². The Morgan fingerprint density at radius 2 is 1.92 bits per heavy atom. The number of nitrogens with two attached hydrogens (primary N) is 1. The predicted molar refractivity (Wildman–Crippen MR) is 95.9 cm³/mol. The Morgan fingerprint density at radius 3 is 2.52 bits per heavy atom. The molecular formula is C16H17N5O2S2. The van der Waals surface area contributed by atoms with Gasteiger partial charge in [-0.05, 0) is 36.4 Å². The maximum atomic E-state index is 11.4. The number of hydrogen-bond acceptors (Lipinski definition) is 6. The molecule has 130 valence electrons. The van der Waals surface area contributed by atoms with Gasteiger partial charge in [0.1, 0.15) is 5.82 Å². The molecule has 3 rings (SSSR count). The average Bonchev–Trinajstić information content (AvgIpc) is 3.03. The summed E-state index contributed by atoms with van der Waals surface area (Å²) in [5, 5.41) is 10.5. The normalized spacial score (nSPS) is 11.6. The second kappa shape index (κ2) is 7.34. The first-order valence-corrected chi connectivity index (χ1v) is 10.1. The number of thioether (sulfide) groups is 1. The predicted octanol–water partition coefficient (Wildman–Crippen LogP) is 2.16. The maximum Gasteiger partial charge on any atom is 0.238 e. The summed E-state index contributed by atoms with van der Waals surface area (Å²) in [7, 11) is -3.72. The van der Waals surface area contributed by atoms with Crippen molar-refractivity contribution < 1.29 is 8.42 Å². The molecule has 0 amide bonds. The number of aromatic nitrogens is 4. The van der Waals surface area contributed by atoms with Crippen LogP contribution >= 0.6 is 11.8 Å². The molecule has 0 fully saturated rings. The number of benzene rings is 1. The van der Waals surface area contributed by atoms with E-state index < -0.39 is 10.0 Å². The highest BCUT2D eigenvalue weighted by Gasteiger charge is 2.13. The Hall–Kier alpha value is -2.23. The molecule has 7 nitrogen and oxygen atoms in total. The molecule has 3 aromatic rings. The third-order valence-corrected chi connectivity index (χ3v) is 5.30. The number of sulfonamides is 1. The SMILES string of the molecule is CCc1nc(CSc2ccccn2)n(-c2ccc(S(N)(=O)=O)cc2)n1. The van der Waals surface area contributed by atoms with Gasteiger partial charge in [0.2, 0.25) is 10.0 Å². The Bertz CT molecular complexity index is 954. The van der Waals surface area contributed by atoms with Gasteiger partial charge >= 0.3 is 0 Å². The van der Waals surface area contributed by atoms with E-state index in [0.717, 1.165) is 22.4 Å². The molecule has 0 saturated carbocycles. The highest BCUT2D eigenvalue weighted by molar-refractivity contribution is 7.98. The van der Waals surface area contributed by atoms with Crippen molar-refractivity contribution in [3.63, 3.8) is 0 Å². The van der Waals surface area contributed by atoms with E-state index >= 15 is 0 Å². The lowest BCUT2D eigenvalue weighted by Crippen LogP contribution is -2.12. The summed E-state index contributed by atoms with van der Waals surface area (Å²) in [5.74, 6) is 2.10. The van der Waals surface area contributed by atoms with Crippen molar-refractivity contribution in [3.05, 3.63) is 60.3 Å². The molecule has 2 heterocycles. The van der Waals surface area contributed by atoms with Crippen LogP contribution in [-0.4, -0.2) is 28.2 Å². The van der Waals surface area contributed by atoms with E-state index in [1.807, 2.05) is 25.1 Å². The summed E-state index contributed by atoms with van der Waals surface area (Å²) in [5.41, 5.74) is 0.733. The number of nitrogens with zero attached hydrogens (tertiary/aromatic N) is 4. The summed E-state index contributed by atoms with van der Waals surface area (Å²) in [6.07, 6.45) is 2.46. The molecule has 0 aliphatic heterocycles. The fourth-order valence-corrected chi connectivity index (χ4v) is 3.48. The second-order valence-electron chi connectivity index (χ2n) is 5.21. The van der Waals surface area contributed by atoms with E-state index in [0.29, 0.717) is 12.2 Å².